The van der Waals surface area contributed by atoms with Gasteiger partial charge in [0.1, 0.15) is 17.8 Å². The minimum atomic E-state index is -0.348. The molecule has 0 unspecified atom stereocenters. The van der Waals surface area contributed by atoms with Gasteiger partial charge in [-0.25, -0.2) is 9.97 Å². The number of aromatic nitrogens is 2. The molecule has 2 aromatic carbocycles. The molecule has 1 aromatic heterocycles. The average Bonchev–Trinajstić information content (AvgIpc) is 2.60. The molecule has 3 rings (SSSR count). The van der Waals surface area contributed by atoms with Gasteiger partial charge in [-0.05, 0) is 37.6 Å². The number of nitrogens with zero attached hydrogens (tertiary/aromatic N) is 2. The molecule has 1 amide bonds. The molecule has 0 atom stereocenters. The van der Waals surface area contributed by atoms with Crippen molar-refractivity contribution in [2.24, 2.45) is 0 Å². The van der Waals surface area contributed by atoms with E-state index < -0.39 is 0 Å². The summed E-state index contributed by atoms with van der Waals surface area (Å²) in [6, 6.07) is 14.7. The maximum absolute atomic E-state index is 12.4. The summed E-state index contributed by atoms with van der Waals surface area (Å²) in [4.78, 5) is 20.6. The monoisotopic (exact) mass is 352 g/mol. The smallest absolute Gasteiger partial charge is 0.274 e. The molecule has 0 spiro atoms. The quantitative estimate of drug-likeness (QED) is 0.711. The number of benzene rings is 2. The number of carbonyl (C=O) groups is 1. The van der Waals surface area contributed by atoms with E-state index in [0.717, 1.165) is 11.3 Å². The van der Waals surface area contributed by atoms with E-state index in [1.165, 1.54) is 11.9 Å². The van der Waals surface area contributed by atoms with Crippen molar-refractivity contribution in [3.8, 4) is 0 Å². The third kappa shape index (κ3) is 4.14. The van der Waals surface area contributed by atoms with Gasteiger partial charge in [0.15, 0.2) is 0 Å². The maximum Gasteiger partial charge on any atom is 0.274 e. The molecule has 0 bridgehead atoms. The molecule has 1 heterocycles. The van der Waals surface area contributed by atoms with E-state index in [2.05, 4.69) is 26.7 Å². The van der Waals surface area contributed by atoms with E-state index >= 15 is 0 Å². The van der Waals surface area contributed by atoms with E-state index in [0.29, 0.717) is 16.5 Å². The molecule has 0 fully saturated rings. The van der Waals surface area contributed by atoms with Crippen molar-refractivity contribution in [2.45, 2.75) is 13.8 Å². The van der Waals surface area contributed by atoms with Crippen molar-refractivity contribution in [3.63, 3.8) is 0 Å². The summed E-state index contributed by atoms with van der Waals surface area (Å²) in [6.07, 6.45) is 1.35. The van der Waals surface area contributed by atoms with Gasteiger partial charge in [0.25, 0.3) is 5.91 Å². The van der Waals surface area contributed by atoms with Crippen LogP contribution < -0.4 is 10.6 Å². The van der Waals surface area contributed by atoms with Crippen LogP contribution in [-0.4, -0.2) is 15.9 Å². The molecule has 126 valence electrons. The van der Waals surface area contributed by atoms with Gasteiger partial charge in [-0.2, -0.15) is 0 Å². The standard InChI is InChI=1S/C19H17ClN4O/c1-12-7-8-15(13(2)9-12)23-18-10-17(21-11-22-18)19(25)24-16-6-4-3-5-14(16)20/h3-11H,1-2H3,(H,24,25)(H,21,22,23). The molecule has 0 aliphatic carbocycles. The Hall–Kier alpha value is -2.92. The highest BCUT2D eigenvalue weighted by Crippen LogP contribution is 2.22. The topological polar surface area (TPSA) is 66.9 Å². The molecule has 5 nitrogen and oxygen atoms in total. The Bertz CT molecular complexity index is 927. The molecule has 25 heavy (non-hydrogen) atoms. The lowest BCUT2D eigenvalue weighted by atomic mass is 10.1. The first kappa shape index (κ1) is 16.9. The van der Waals surface area contributed by atoms with Crippen molar-refractivity contribution in [1.82, 2.24) is 9.97 Å². The zero-order valence-electron chi connectivity index (χ0n) is 13.9. The maximum atomic E-state index is 12.4. The van der Waals surface area contributed by atoms with Crippen LogP contribution in [0, 0.1) is 13.8 Å². The Labute approximate surface area is 151 Å². The largest absolute Gasteiger partial charge is 0.340 e. The summed E-state index contributed by atoms with van der Waals surface area (Å²) in [5.41, 5.74) is 4.01. The highest BCUT2D eigenvalue weighted by atomic mass is 35.5. The van der Waals surface area contributed by atoms with Gasteiger partial charge < -0.3 is 10.6 Å². The number of anilines is 3. The second-order valence-electron chi connectivity index (χ2n) is 5.67. The lowest BCUT2D eigenvalue weighted by Gasteiger charge is -2.10. The average molecular weight is 353 g/mol. The zero-order chi connectivity index (χ0) is 17.8. The summed E-state index contributed by atoms with van der Waals surface area (Å²) >= 11 is 6.06. The first-order valence-corrected chi connectivity index (χ1v) is 8.13. The SMILES string of the molecule is Cc1ccc(Nc2cc(C(=O)Nc3ccccc3Cl)ncn2)c(C)c1. The number of para-hydroxylation sites is 1. The minimum Gasteiger partial charge on any atom is -0.340 e. The number of nitrogens with one attached hydrogen (secondary N) is 2. The number of hydrogen-bond donors (Lipinski definition) is 2. The van der Waals surface area contributed by atoms with E-state index in [1.54, 1.807) is 30.3 Å². The highest BCUT2D eigenvalue weighted by Gasteiger charge is 2.11. The fourth-order valence-corrected chi connectivity index (χ4v) is 2.57. The second-order valence-corrected chi connectivity index (χ2v) is 6.07. The van der Waals surface area contributed by atoms with Gasteiger partial charge >= 0.3 is 0 Å². The van der Waals surface area contributed by atoms with Crippen LogP contribution in [0.2, 0.25) is 5.02 Å². The van der Waals surface area contributed by atoms with Crippen molar-refractivity contribution >= 4 is 34.7 Å². The summed E-state index contributed by atoms with van der Waals surface area (Å²) in [7, 11) is 0. The molecule has 0 saturated heterocycles. The molecule has 0 aliphatic heterocycles. The first-order chi connectivity index (χ1) is 12.0. The Morgan fingerprint density at radius 3 is 2.56 bits per heavy atom. The normalized spacial score (nSPS) is 10.4. The molecule has 3 aromatic rings. The second kappa shape index (κ2) is 7.32. The van der Waals surface area contributed by atoms with Gasteiger partial charge in [-0.1, -0.05) is 41.4 Å². The van der Waals surface area contributed by atoms with Crippen LogP contribution in [0.25, 0.3) is 0 Å². The predicted octanol–water partition coefficient (Wildman–Crippen LogP) is 4.74. The highest BCUT2D eigenvalue weighted by molar-refractivity contribution is 6.33. The minimum absolute atomic E-state index is 0.252. The van der Waals surface area contributed by atoms with Crippen molar-refractivity contribution in [2.75, 3.05) is 10.6 Å². The molecule has 6 heteroatoms. The number of aryl methyl sites for hydroxylation is 2. The van der Waals surface area contributed by atoms with E-state index in [-0.39, 0.29) is 11.6 Å². The van der Waals surface area contributed by atoms with Crippen molar-refractivity contribution < 1.29 is 4.79 Å². The Morgan fingerprint density at radius 1 is 1.00 bits per heavy atom. The number of hydrogen-bond acceptors (Lipinski definition) is 4. The number of rotatable bonds is 4. The summed E-state index contributed by atoms with van der Waals surface area (Å²) in [5.74, 6) is 0.199. The Kier molecular flexibility index (Phi) is 4.95. The number of amides is 1. The number of carbonyl (C=O) groups excluding carboxylic acids is 1. The van der Waals surface area contributed by atoms with E-state index in [9.17, 15) is 4.79 Å². The van der Waals surface area contributed by atoms with Gasteiger partial charge in [0.05, 0.1) is 10.7 Å². The van der Waals surface area contributed by atoms with Gasteiger partial charge in [0, 0.05) is 11.8 Å². The zero-order valence-corrected chi connectivity index (χ0v) is 14.6. The molecule has 0 saturated carbocycles. The predicted molar refractivity (Wildman–Crippen MR) is 101 cm³/mol. The molecular formula is C19H17ClN4O. The summed E-state index contributed by atoms with van der Waals surface area (Å²) < 4.78 is 0. The fourth-order valence-electron chi connectivity index (χ4n) is 2.39. The van der Waals surface area contributed by atoms with Crippen LogP contribution in [0.15, 0.2) is 54.9 Å². The van der Waals surface area contributed by atoms with E-state index in [1.807, 2.05) is 26.0 Å². The third-order valence-electron chi connectivity index (χ3n) is 3.67. The van der Waals surface area contributed by atoms with Gasteiger partial charge in [0.2, 0.25) is 0 Å². The van der Waals surface area contributed by atoms with Crippen LogP contribution in [0.1, 0.15) is 21.6 Å². The van der Waals surface area contributed by atoms with Crippen LogP contribution >= 0.6 is 11.6 Å². The number of halogens is 1. The van der Waals surface area contributed by atoms with Crippen LogP contribution in [0.4, 0.5) is 17.2 Å². The Balaban J connectivity index is 1.79. The molecule has 2 N–H and O–H groups in total. The summed E-state index contributed by atoms with van der Waals surface area (Å²) in [5, 5.41) is 6.43. The van der Waals surface area contributed by atoms with E-state index in [4.69, 9.17) is 11.6 Å². The Morgan fingerprint density at radius 2 is 1.80 bits per heavy atom. The fraction of sp³-hybridized carbons (Fsp3) is 0.105. The van der Waals surface area contributed by atoms with Gasteiger partial charge in [-0.3, -0.25) is 4.79 Å². The third-order valence-corrected chi connectivity index (χ3v) is 4.00. The lowest BCUT2D eigenvalue weighted by Crippen LogP contribution is -2.14. The van der Waals surface area contributed by atoms with Crippen LogP contribution in [0.3, 0.4) is 0 Å². The molecular weight excluding hydrogens is 336 g/mol. The molecule has 0 aliphatic rings. The van der Waals surface area contributed by atoms with Crippen molar-refractivity contribution in [3.05, 3.63) is 76.7 Å². The molecule has 0 radical (unpaired) electrons. The lowest BCUT2D eigenvalue weighted by molar-refractivity contribution is 0.102. The van der Waals surface area contributed by atoms with Crippen LogP contribution in [0.5, 0.6) is 0 Å². The summed E-state index contributed by atoms with van der Waals surface area (Å²) in [6.45, 7) is 4.06. The van der Waals surface area contributed by atoms with Gasteiger partial charge in [-0.15, -0.1) is 0 Å². The first-order valence-electron chi connectivity index (χ1n) is 7.75. The van der Waals surface area contributed by atoms with Crippen molar-refractivity contribution in [1.29, 1.82) is 0 Å². The van der Waals surface area contributed by atoms with Crippen LogP contribution in [-0.2, 0) is 0 Å².